The summed E-state index contributed by atoms with van der Waals surface area (Å²) in [5, 5.41) is 22.9. The summed E-state index contributed by atoms with van der Waals surface area (Å²) in [6.45, 7) is 2.76. The minimum absolute atomic E-state index is 0.141. The van der Waals surface area contributed by atoms with E-state index in [1.54, 1.807) is 13.8 Å². The van der Waals surface area contributed by atoms with Gasteiger partial charge in [-0.2, -0.15) is 4.31 Å². The highest BCUT2D eigenvalue weighted by atomic mass is 32.2. The molecule has 0 aliphatic carbocycles. The first-order valence-electron chi connectivity index (χ1n) is 5.63. The van der Waals surface area contributed by atoms with Gasteiger partial charge in [-0.05, 0) is 13.8 Å². The third kappa shape index (κ3) is 2.92. The van der Waals surface area contributed by atoms with Crippen LogP contribution in [0, 0.1) is 10.1 Å². The highest BCUT2D eigenvalue weighted by Gasteiger charge is 2.36. The van der Waals surface area contributed by atoms with E-state index in [-0.39, 0.29) is 21.5 Å². The van der Waals surface area contributed by atoms with Crippen LogP contribution in [0.4, 0.5) is 10.7 Å². The fourth-order valence-corrected chi connectivity index (χ4v) is 4.32. The Morgan fingerprint density at radius 3 is 2.45 bits per heavy atom. The Balaban J connectivity index is 3.33. The van der Waals surface area contributed by atoms with Crippen LogP contribution in [-0.4, -0.2) is 49.0 Å². The molecule has 0 fully saturated rings. The normalized spacial score (nSPS) is 12.7. The summed E-state index contributed by atoms with van der Waals surface area (Å²) in [5.41, 5.74) is -1.29. The molecule has 1 heterocycles. The first-order chi connectivity index (χ1) is 9.07. The smallest absolute Gasteiger partial charge is 0.304 e. The molecule has 0 spiro atoms. The molecule has 1 rings (SSSR count). The molecule has 0 bridgehead atoms. The van der Waals surface area contributed by atoms with Gasteiger partial charge in [0, 0.05) is 20.2 Å². The van der Waals surface area contributed by atoms with Crippen LogP contribution in [-0.2, 0) is 10.0 Å². The Labute approximate surface area is 121 Å². The van der Waals surface area contributed by atoms with Gasteiger partial charge in [0.15, 0.2) is 5.00 Å². The summed E-state index contributed by atoms with van der Waals surface area (Å²) >= 11 is 0.786. The van der Waals surface area contributed by atoms with E-state index in [0.717, 1.165) is 21.7 Å². The Hall–Kier alpha value is -1.23. The molecule has 1 aromatic heterocycles. The van der Waals surface area contributed by atoms with Crippen LogP contribution < -0.4 is 5.32 Å². The fourth-order valence-electron chi connectivity index (χ4n) is 1.36. The fraction of sp³-hybridized carbons (Fsp3) is 0.600. The predicted molar refractivity (Wildman–Crippen MR) is 76.6 cm³/mol. The van der Waals surface area contributed by atoms with Crippen LogP contribution in [0.2, 0.25) is 0 Å². The lowest BCUT2D eigenvalue weighted by atomic mass is 10.1. The lowest BCUT2D eigenvalue weighted by molar-refractivity contribution is -0.383. The van der Waals surface area contributed by atoms with Gasteiger partial charge in [-0.25, -0.2) is 8.42 Å². The number of sulfonamides is 1. The average molecular weight is 323 g/mol. The van der Waals surface area contributed by atoms with Gasteiger partial charge in [-0.1, -0.05) is 11.3 Å². The molecule has 2 N–H and O–H groups in total. The minimum Gasteiger partial charge on any atom is -0.394 e. The van der Waals surface area contributed by atoms with E-state index in [2.05, 4.69) is 5.32 Å². The van der Waals surface area contributed by atoms with Gasteiger partial charge in [0.2, 0.25) is 0 Å². The molecule has 0 aromatic carbocycles. The quantitative estimate of drug-likeness (QED) is 0.598. The first-order valence-corrected chi connectivity index (χ1v) is 7.89. The monoisotopic (exact) mass is 323 g/mol. The number of hydrogen-bond acceptors (Lipinski definition) is 7. The largest absolute Gasteiger partial charge is 0.394 e. The van der Waals surface area contributed by atoms with Crippen LogP contribution in [0.25, 0.3) is 0 Å². The predicted octanol–water partition coefficient (Wildman–Crippen LogP) is 1.09. The van der Waals surface area contributed by atoms with Crippen molar-refractivity contribution in [1.29, 1.82) is 0 Å². The molecule has 20 heavy (non-hydrogen) atoms. The van der Waals surface area contributed by atoms with E-state index in [4.69, 9.17) is 0 Å². The van der Waals surface area contributed by atoms with E-state index >= 15 is 0 Å². The van der Waals surface area contributed by atoms with Crippen LogP contribution in [0.15, 0.2) is 10.3 Å². The maximum atomic E-state index is 12.4. The van der Waals surface area contributed by atoms with Gasteiger partial charge in [-0.15, -0.1) is 0 Å². The summed E-state index contributed by atoms with van der Waals surface area (Å²) in [6, 6.07) is 1.02. The molecule has 0 aliphatic rings. The zero-order valence-electron chi connectivity index (χ0n) is 11.6. The van der Waals surface area contributed by atoms with Crippen LogP contribution in [0.1, 0.15) is 13.8 Å². The number of anilines is 1. The van der Waals surface area contributed by atoms with Gasteiger partial charge in [0.25, 0.3) is 10.0 Å². The van der Waals surface area contributed by atoms with Gasteiger partial charge in [0.05, 0.1) is 17.1 Å². The summed E-state index contributed by atoms with van der Waals surface area (Å²) in [5.74, 6) is 0. The topological polar surface area (TPSA) is 113 Å². The molecule has 0 radical (unpaired) electrons. The number of aliphatic hydroxyl groups is 1. The molecular formula is C10H17N3O5S2. The lowest BCUT2D eigenvalue weighted by Gasteiger charge is -2.32. The number of likely N-dealkylation sites (N-methyl/N-ethyl adjacent to an activating group) is 1. The van der Waals surface area contributed by atoms with Crippen molar-refractivity contribution in [3.63, 3.8) is 0 Å². The highest BCUT2D eigenvalue weighted by Crippen LogP contribution is 2.38. The van der Waals surface area contributed by atoms with E-state index in [1.807, 2.05) is 0 Å². The van der Waals surface area contributed by atoms with E-state index < -0.39 is 20.5 Å². The van der Waals surface area contributed by atoms with Crippen molar-refractivity contribution in [3.8, 4) is 0 Å². The summed E-state index contributed by atoms with van der Waals surface area (Å²) in [7, 11) is -1.09. The van der Waals surface area contributed by atoms with Gasteiger partial charge >= 0.3 is 5.69 Å². The van der Waals surface area contributed by atoms with Crippen molar-refractivity contribution in [2.75, 3.05) is 26.0 Å². The molecule has 0 amide bonds. The molecule has 10 heteroatoms. The van der Waals surface area contributed by atoms with E-state index in [9.17, 15) is 23.6 Å². The van der Waals surface area contributed by atoms with Crippen molar-refractivity contribution in [3.05, 3.63) is 16.2 Å². The number of nitrogens with zero attached hydrogens (tertiary/aromatic N) is 2. The molecule has 8 nitrogen and oxygen atoms in total. The maximum Gasteiger partial charge on any atom is 0.304 e. The summed E-state index contributed by atoms with van der Waals surface area (Å²) in [6.07, 6.45) is 0. The number of thiophene rings is 1. The third-order valence-corrected chi connectivity index (χ3v) is 6.63. The standard InChI is InChI=1S/C10H17N3O5S2/c1-10(2,6-14)12(4)20(17,18)8-5-7(13(15)16)9(11-3)19-8/h5,11,14H,6H2,1-4H3. The zero-order chi connectivity index (χ0) is 15.7. The molecule has 114 valence electrons. The Morgan fingerprint density at radius 2 is 2.10 bits per heavy atom. The van der Waals surface area contributed by atoms with Crippen molar-refractivity contribution < 1.29 is 18.4 Å². The summed E-state index contributed by atoms with van der Waals surface area (Å²) < 4.78 is 25.7. The average Bonchev–Trinajstić information content (AvgIpc) is 2.82. The lowest BCUT2D eigenvalue weighted by Crippen LogP contribution is -2.47. The van der Waals surface area contributed by atoms with Crippen molar-refractivity contribution in [1.82, 2.24) is 4.31 Å². The molecule has 1 aromatic rings. The molecule has 0 saturated heterocycles. The Bertz CT molecular complexity index is 608. The summed E-state index contributed by atoms with van der Waals surface area (Å²) in [4.78, 5) is 10.2. The SMILES string of the molecule is CNc1sc(S(=O)(=O)N(C)C(C)(C)CO)cc1[N+](=O)[O-]. The highest BCUT2D eigenvalue weighted by molar-refractivity contribution is 7.91. The van der Waals surface area contributed by atoms with Gasteiger partial charge in [-0.3, -0.25) is 10.1 Å². The Kier molecular flexibility index (Phi) is 4.74. The maximum absolute atomic E-state index is 12.4. The van der Waals surface area contributed by atoms with Crippen molar-refractivity contribution in [2.45, 2.75) is 23.6 Å². The van der Waals surface area contributed by atoms with Crippen LogP contribution >= 0.6 is 11.3 Å². The number of hydrogen-bond donors (Lipinski definition) is 2. The van der Waals surface area contributed by atoms with Crippen molar-refractivity contribution in [2.24, 2.45) is 0 Å². The minimum atomic E-state index is -3.91. The second kappa shape index (κ2) is 5.64. The van der Waals surface area contributed by atoms with E-state index in [0.29, 0.717) is 0 Å². The second-order valence-corrected chi connectivity index (χ2v) is 7.98. The molecular weight excluding hydrogens is 306 g/mol. The third-order valence-electron chi connectivity index (χ3n) is 2.97. The number of nitro groups is 1. The van der Waals surface area contributed by atoms with Crippen molar-refractivity contribution >= 4 is 32.0 Å². The number of aliphatic hydroxyl groups excluding tert-OH is 1. The zero-order valence-corrected chi connectivity index (χ0v) is 13.2. The van der Waals surface area contributed by atoms with Gasteiger partial charge in [0.1, 0.15) is 4.21 Å². The number of nitrogens with one attached hydrogen (secondary N) is 1. The van der Waals surface area contributed by atoms with E-state index in [1.165, 1.54) is 14.1 Å². The van der Waals surface area contributed by atoms with Crippen LogP contribution in [0.3, 0.4) is 0 Å². The van der Waals surface area contributed by atoms with Gasteiger partial charge < -0.3 is 10.4 Å². The number of rotatable bonds is 6. The molecule has 0 saturated carbocycles. The first kappa shape index (κ1) is 16.8. The second-order valence-electron chi connectivity index (χ2n) is 4.73. The molecule has 0 atom stereocenters. The van der Waals surface area contributed by atoms with Crippen LogP contribution in [0.5, 0.6) is 0 Å². The molecule has 0 unspecified atom stereocenters. The molecule has 0 aliphatic heterocycles. The Morgan fingerprint density at radius 1 is 1.55 bits per heavy atom.